The van der Waals surface area contributed by atoms with E-state index in [9.17, 15) is 13.2 Å². The summed E-state index contributed by atoms with van der Waals surface area (Å²) in [4.78, 5) is 7.60. The van der Waals surface area contributed by atoms with Crippen LogP contribution in [0.2, 0.25) is 0 Å². The van der Waals surface area contributed by atoms with Crippen molar-refractivity contribution < 1.29 is 17.9 Å². The van der Waals surface area contributed by atoms with Crippen molar-refractivity contribution in [1.82, 2.24) is 9.97 Å². The Labute approximate surface area is 111 Å². The zero-order valence-corrected chi connectivity index (χ0v) is 10.7. The lowest BCUT2D eigenvalue weighted by Gasteiger charge is -2.10. The Balaban J connectivity index is 2.19. The molecule has 102 valence electrons. The molecule has 0 atom stereocenters. The molecule has 0 unspecified atom stereocenters. The standard InChI is InChI=1S/C11H10F3N3OS/c1-15-8-5-9(17-10(16-8)11(12,13)14)18-6-7-3-2-4-19-7/h2-5H,6H2,1H3,(H,15,16,17). The van der Waals surface area contributed by atoms with Gasteiger partial charge < -0.3 is 10.1 Å². The smallest absolute Gasteiger partial charge is 0.451 e. The van der Waals surface area contributed by atoms with Crippen molar-refractivity contribution in [3.8, 4) is 5.88 Å². The molecule has 1 N–H and O–H groups in total. The lowest BCUT2D eigenvalue weighted by Crippen LogP contribution is -2.13. The van der Waals surface area contributed by atoms with E-state index in [1.807, 2.05) is 17.5 Å². The first-order valence-corrected chi connectivity index (χ1v) is 6.16. The van der Waals surface area contributed by atoms with E-state index in [4.69, 9.17) is 4.74 Å². The minimum Gasteiger partial charge on any atom is -0.472 e. The summed E-state index contributed by atoms with van der Waals surface area (Å²) in [5.41, 5.74) is 0. The molecule has 0 aliphatic carbocycles. The first kappa shape index (κ1) is 13.6. The molecule has 19 heavy (non-hydrogen) atoms. The van der Waals surface area contributed by atoms with Gasteiger partial charge in [-0.3, -0.25) is 0 Å². The molecule has 0 aliphatic heterocycles. The minimum absolute atomic E-state index is 0.0588. The van der Waals surface area contributed by atoms with E-state index < -0.39 is 12.0 Å². The number of anilines is 1. The SMILES string of the molecule is CNc1cc(OCc2cccs2)nc(C(F)(F)F)n1. The second-order valence-corrected chi connectivity index (χ2v) is 4.56. The molecular formula is C11H10F3N3OS. The molecule has 4 nitrogen and oxygen atoms in total. The highest BCUT2D eigenvalue weighted by atomic mass is 32.1. The molecule has 2 rings (SSSR count). The number of halogens is 3. The number of ether oxygens (including phenoxy) is 1. The van der Waals surface area contributed by atoms with E-state index in [1.54, 1.807) is 0 Å². The van der Waals surface area contributed by atoms with Crippen molar-refractivity contribution in [2.45, 2.75) is 12.8 Å². The van der Waals surface area contributed by atoms with Gasteiger partial charge in [0.05, 0.1) is 0 Å². The van der Waals surface area contributed by atoms with Crippen LogP contribution in [0.4, 0.5) is 19.0 Å². The highest BCUT2D eigenvalue weighted by molar-refractivity contribution is 7.09. The second kappa shape index (κ2) is 5.43. The van der Waals surface area contributed by atoms with Gasteiger partial charge in [-0.15, -0.1) is 11.3 Å². The highest BCUT2D eigenvalue weighted by Crippen LogP contribution is 2.29. The van der Waals surface area contributed by atoms with Crippen molar-refractivity contribution in [3.05, 3.63) is 34.3 Å². The van der Waals surface area contributed by atoms with Crippen LogP contribution < -0.4 is 10.1 Å². The van der Waals surface area contributed by atoms with Crippen molar-refractivity contribution >= 4 is 17.2 Å². The van der Waals surface area contributed by atoms with Gasteiger partial charge in [-0.05, 0) is 11.4 Å². The van der Waals surface area contributed by atoms with Crippen molar-refractivity contribution in [2.24, 2.45) is 0 Å². The fraction of sp³-hybridized carbons (Fsp3) is 0.273. The molecular weight excluding hydrogens is 279 g/mol. The van der Waals surface area contributed by atoms with Gasteiger partial charge in [-0.1, -0.05) is 6.07 Å². The molecule has 0 aromatic carbocycles. The monoisotopic (exact) mass is 289 g/mol. The Bertz CT molecular complexity index is 543. The zero-order chi connectivity index (χ0) is 13.9. The van der Waals surface area contributed by atoms with E-state index in [2.05, 4.69) is 15.3 Å². The van der Waals surface area contributed by atoms with Gasteiger partial charge in [0.1, 0.15) is 12.4 Å². The molecule has 8 heteroatoms. The predicted octanol–water partition coefficient (Wildman–Crippen LogP) is 3.18. The number of alkyl halides is 3. The Kier molecular flexibility index (Phi) is 3.89. The van der Waals surface area contributed by atoms with Gasteiger partial charge in [0, 0.05) is 18.0 Å². The van der Waals surface area contributed by atoms with Crippen LogP contribution in [-0.4, -0.2) is 17.0 Å². The molecule has 2 aromatic heterocycles. The Morgan fingerprint density at radius 1 is 1.37 bits per heavy atom. The first-order valence-electron chi connectivity index (χ1n) is 5.28. The minimum atomic E-state index is -4.60. The summed E-state index contributed by atoms with van der Waals surface area (Å²) in [5, 5.41) is 4.40. The Morgan fingerprint density at radius 2 is 2.16 bits per heavy atom. The quantitative estimate of drug-likeness (QED) is 0.939. The number of nitrogens with one attached hydrogen (secondary N) is 1. The van der Waals surface area contributed by atoms with Crippen LogP contribution in [0, 0.1) is 0 Å². The summed E-state index contributed by atoms with van der Waals surface area (Å²) >= 11 is 1.46. The average Bonchev–Trinajstić information content (AvgIpc) is 2.88. The highest BCUT2D eigenvalue weighted by Gasteiger charge is 2.35. The molecule has 0 spiro atoms. The van der Waals surface area contributed by atoms with Crippen molar-refractivity contribution in [3.63, 3.8) is 0 Å². The van der Waals surface area contributed by atoms with Gasteiger partial charge >= 0.3 is 6.18 Å². The van der Waals surface area contributed by atoms with E-state index in [1.165, 1.54) is 24.5 Å². The van der Waals surface area contributed by atoms with Gasteiger partial charge in [0.2, 0.25) is 11.7 Å². The molecule has 0 bridgehead atoms. The number of hydrogen-bond donors (Lipinski definition) is 1. The number of aromatic nitrogens is 2. The Morgan fingerprint density at radius 3 is 2.74 bits per heavy atom. The molecule has 2 heterocycles. The van der Waals surface area contributed by atoms with Crippen LogP contribution in [0.5, 0.6) is 5.88 Å². The average molecular weight is 289 g/mol. The van der Waals surface area contributed by atoms with Gasteiger partial charge in [-0.25, -0.2) is 4.98 Å². The largest absolute Gasteiger partial charge is 0.472 e. The van der Waals surface area contributed by atoms with Crippen LogP contribution in [0.15, 0.2) is 23.6 Å². The zero-order valence-electron chi connectivity index (χ0n) is 9.86. The van der Waals surface area contributed by atoms with Crippen LogP contribution in [-0.2, 0) is 12.8 Å². The summed E-state index contributed by atoms with van der Waals surface area (Å²) in [6, 6.07) is 4.99. The number of rotatable bonds is 4. The number of thiophene rings is 1. The van der Waals surface area contributed by atoms with Gasteiger partial charge in [0.25, 0.3) is 0 Å². The lowest BCUT2D eigenvalue weighted by atomic mass is 10.4. The molecule has 0 aliphatic rings. The maximum absolute atomic E-state index is 12.6. The summed E-state index contributed by atoms with van der Waals surface area (Å²) in [6.07, 6.45) is -4.60. The third-order valence-electron chi connectivity index (χ3n) is 2.15. The summed E-state index contributed by atoms with van der Waals surface area (Å²) < 4.78 is 43.0. The molecule has 0 amide bonds. The van der Waals surface area contributed by atoms with Crippen molar-refractivity contribution in [1.29, 1.82) is 0 Å². The van der Waals surface area contributed by atoms with Crippen LogP contribution in [0.1, 0.15) is 10.7 Å². The summed E-state index contributed by atoms with van der Waals surface area (Å²) in [6.45, 7) is 0.176. The number of hydrogen-bond acceptors (Lipinski definition) is 5. The molecule has 2 aromatic rings. The maximum Gasteiger partial charge on any atom is 0.451 e. The van der Waals surface area contributed by atoms with E-state index in [0.717, 1.165) is 4.88 Å². The second-order valence-electron chi connectivity index (χ2n) is 3.53. The third-order valence-corrected chi connectivity index (χ3v) is 3.00. The topological polar surface area (TPSA) is 47.0 Å². The summed E-state index contributed by atoms with van der Waals surface area (Å²) in [5.74, 6) is -1.27. The Hall–Kier alpha value is -1.83. The van der Waals surface area contributed by atoms with E-state index >= 15 is 0 Å². The first-order chi connectivity index (χ1) is 8.99. The van der Waals surface area contributed by atoms with Crippen LogP contribution in [0.25, 0.3) is 0 Å². The van der Waals surface area contributed by atoms with Gasteiger partial charge in [0.15, 0.2) is 0 Å². The van der Waals surface area contributed by atoms with Crippen LogP contribution in [0.3, 0.4) is 0 Å². The summed E-state index contributed by atoms with van der Waals surface area (Å²) in [7, 11) is 1.48. The number of nitrogens with zero attached hydrogens (tertiary/aromatic N) is 2. The molecule has 0 radical (unpaired) electrons. The fourth-order valence-corrected chi connectivity index (χ4v) is 1.91. The third kappa shape index (κ3) is 3.57. The van der Waals surface area contributed by atoms with E-state index in [0.29, 0.717) is 0 Å². The molecule has 0 saturated heterocycles. The predicted molar refractivity (Wildman–Crippen MR) is 65.2 cm³/mol. The molecule has 0 saturated carbocycles. The van der Waals surface area contributed by atoms with Crippen molar-refractivity contribution in [2.75, 3.05) is 12.4 Å². The van der Waals surface area contributed by atoms with Gasteiger partial charge in [-0.2, -0.15) is 18.2 Å². The van der Waals surface area contributed by atoms with Crippen LogP contribution >= 0.6 is 11.3 Å². The van der Waals surface area contributed by atoms with E-state index in [-0.39, 0.29) is 18.3 Å². The lowest BCUT2D eigenvalue weighted by molar-refractivity contribution is -0.145. The normalized spacial score (nSPS) is 11.4. The maximum atomic E-state index is 12.6. The molecule has 0 fully saturated rings. The fourth-order valence-electron chi connectivity index (χ4n) is 1.29.